The van der Waals surface area contributed by atoms with Crippen LogP contribution in [0.1, 0.15) is 19.8 Å². The Hall–Kier alpha value is 2.70. The van der Waals surface area contributed by atoms with E-state index in [0.717, 1.165) is 55.5 Å². The molecule has 0 unspecified atom stereocenters. The average Bonchev–Trinajstić information content (AvgIpc) is 2.77. The van der Waals surface area contributed by atoms with Crippen molar-refractivity contribution >= 4 is 111 Å². The lowest BCUT2D eigenvalue weighted by Crippen LogP contribution is -1.98. The van der Waals surface area contributed by atoms with Crippen LogP contribution >= 0.6 is 106 Å². The van der Waals surface area contributed by atoms with Crippen LogP contribution in [0.15, 0.2) is 0 Å². The lowest BCUT2D eigenvalue weighted by molar-refractivity contribution is -0.278. The van der Waals surface area contributed by atoms with Gasteiger partial charge in [-0.2, -0.15) is 47.0 Å². The summed E-state index contributed by atoms with van der Waals surface area (Å²) in [6.07, 6.45) is 1.67. The molecular formula is C18H36O4S9. The summed E-state index contributed by atoms with van der Waals surface area (Å²) >= 11 is 16.4. The summed E-state index contributed by atoms with van der Waals surface area (Å²) in [6.45, 7) is 3.05. The average molecular weight is 605 g/mol. The van der Waals surface area contributed by atoms with Crippen molar-refractivity contribution in [1.82, 2.24) is 0 Å². The maximum absolute atomic E-state index is 11.9. The molecule has 0 radical (unpaired) electrons. The van der Waals surface area contributed by atoms with E-state index in [0.29, 0.717) is 24.1 Å². The van der Waals surface area contributed by atoms with Crippen LogP contribution in [0.3, 0.4) is 0 Å². The van der Waals surface area contributed by atoms with Gasteiger partial charge in [-0.3, -0.25) is 4.79 Å². The van der Waals surface area contributed by atoms with Gasteiger partial charge in [0.05, 0.1) is 13.2 Å². The quantitative estimate of drug-likeness (QED) is 0.0500. The highest BCUT2D eigenvalue weighted by Crippen LogP contribution is 2.21. The Balaban J connectivity index is 3.11. The summed E-state index contributed by atoms with van der Waals surface area (Å²) in [5, 5.41) is 14.4. The fourth-order valence-electron chi connectivity index (χ4n) is 1.57. The second-order valence-corrected chi connectivity index (χ2v) is 17.0. The standard InChI is InChI=1S/C18H36O4S9/c1-2-23-13-29-17-27-10-11-31-18(20)4-8-25-16-30-15-24-7-3-6-21-22-12-28-14-26-9-5-19/h19H,2-17H2,1H3. The van der Waals surface area contributed by atoms with Crippen molar-refractivity contribution in [1.29, 1.82) is 0 Å². The van der Waals surface area contributed by atoms with Crippen molar-refractivity contribution in [2.75, 3.05) is 79.1 Å². The van der Waals surface area contributed by atoms with E-state index in [4.69, 9.17) is 14.9 Å². The van der Waals surface area contributed by atoms with Gasteiger partial charge < -0.3 is 5.11 Å². The summed E-state index contributed by atoms with van der Waals surface area (Å²) in [5.74, 6) is 6.52. The number of aliphatic hydroxyl groups is 1. The maximum Gasteiger partial charge on any atom is 0.189 e. The molecule has 0 fully saturated rings. The number of aliphatic hydroxyl groups excluding tert-OH is 1. The number of rotatable bonds is 26. The van der Waals surface area contributed by atoms with E-state index in [1.165, 1.54) is 22.6 Å². The maximum atomic E-state index is 11.9. The molecule has 0 saturated carbocycles. The minimum Gasteiger partial charge on any atom is -0.396 e. The Labute approximate surface area is 227 Å². The number of carbonyl (C=O) groups is 1. The predicted molar refractivity (Wildman–Crippen MR) is 161 cm³/mol. The molecule has 0 aliphatic rings. The Morgan fingerprint density at radius 1 is 0.710 bits per heavy atom. The molecule has 186 valence electrons. The minimum absolute atomic E-state index is 0.230. The second kappa shape index (κ2) is 30.7. The van der Waals surface area contributed by atoms with Crippen LogP contribution in [0.5, 0.6) is 0 Å². The van der Waals surface area contributed by atoms with Gasteiger partial charge in [-0.05, 0) is 17.9 Å². The third kappa shape index (κ3) is 30.7. The fraction of sp³-hybridized carbons (Fsp3) is 0.944. The largest absolute Gasteiger partial charge is 0.396 e. The lowest BCUT2D eigenvalue weighted by atomic mass is 10.5. The Morgan fingerprint density at radius 3 is 2.10 bits per heavy atom. The van der Waals surface area contributed by atoms with Gasteiger partial charge in [-0.1, -0.05) is 18.7 Å². The monoisotopic (exact) mass is 604 g/mol. The van der Waals surface area contributed by atoms with Gasteiger partial charge in [-0.15, -0.1) is 47.0 Å². The van der Waals surface area contributed by atoms with Crippen LogP contribution in [0.25, 0.3) is 0 Å². The van der Waals surface area contributed by atoms with Gasteiger partial charge in [0, 0.05) is 54.9 Å². The van der Waals surface area contributed by atoms with E-state index < -0.39 is 0 Å². The van der Waals surface area contributed by atoms with Crippen molar-refractivity contribution in [3.63, 3.8) is 0 Å². The minimum atomic E-state index is 0.230. The predicted octanol–water partition coefficient (Wildman–Crippen LogP) is 6.60. The van der Waals surface area contributed by atoms with E-state index >= 15 is 0 Å². The Kier molecular flexibility index (Phi) is 33.4. The van der Waals surface area contributed by atoms with Crippen molar-refractivity contribution in [2.45, 2.75) is 19.8 Å². The molecule has 0 saturated heterocycles. The molecule has 1 N–H and O–H groups in total. The summed E-state index contributed by atoms with van der Waals surface area (Å²) in [7, 11) is 0. The SMILES string of the molecule is CCSCSCSCCSC(=O)CCSCSCSCCCOOCSCSCCO. The molecule has 31 heavy (non-hydrogen) atoms. The third-order valence-electron chi connectivity index (χ3n) is 2.95. The Morgan fingerprint density at radius 2 is 1.35 bits per heavy atom. The van der Waals surface area contributed by atoms with Crippen LogP contribution in [-0.2, 0) is 14.6 Å². The Bertz CT molecular complexity index is 371. The molecule has 0 aliphatic carbocycles. The lowest BCUT2D eigenvalue weighted by Gasteiger charge is -2.05. The molecule has 4 nitrogen and oxygen atoms in total. The summed E-state index contributed by atoms with van der Waals surface area (Å²) in [5.41, 5.74) is 0. The van der Waals surface area contributed by atoms with Crippen molar-refractivity contribution in [3.05, 3.63) is 0 Å². The van der Waals surface area contributed by atoms with Crippen LogP contribution < -0.4 is 0 Å². The van der Waals surface area contributed by atoms with Gasteiger partial charge in [0.25, 0.3) is 0 Å². The molecule has 0 heterocycles. The van der Waals surface area contributed by atoms with Gasteiger partial charge in [0.15, 0.2) is 5.12 Å². The van der Waals surface area contributed by atoms with Gasteiger partial charge in [0.1, 0.15) is 5.94 Å². The van der Waals surface area contributed by atoms with Crippen LogP contribution in [0, 0.1) is 0 Å². The molecule has 0 aromatic carbocycles. The first-order valence-corrected chi connectivity index (χ1v) is 20.2. The smallest absolute Gasteiger partial charge is 0.189 e. The number of carbonyl (C=O) groups excluding carboxylic acids is 1. The van der Waals surface area contributed by atoms with Crippen molar-refractivity contribution < 1.29 is 19.7 Å². The number of hydrogen-bond acceptors (Lipinski definition) is 13. The molecular weight excluding hydrogens is 569 g/mol. The van der Waals surface area contributed by atoms with Crippen LogP contribution in [-0.4, -0.2) is 89.3 Å². The highest BCUT2D eigenvalue weighted by Gasteiger charge is 2.03. The number of hydrogen-bond donors (Lipinski definition) is 1. The second-order valence-electron chi connectivity index (χ2n) is 5.43. The summed E-state index contributed by atoms with van der Waals surface area (Å²) < 4.78 is 0. The van der Waals surface area contributed by atoms with Gasteiger partial charge >= 0.3 is 0 Å². The zero-order chi connectivity index (χ0) is 22.7. The molecule has 0 spiro atoms. The highest BCUT2D eigenvalue weighted by atomic mass is 32.2. The van der Waals surface area contributed by atoms with Gasteiger partial charge in [0.2, 0.25) is 0 Å². The third-order valence-corrected chi connectivity index (χ3v) is 13.5. The first kappa shape index (κ1) is 33.7. The molecule has 0 amide bonds. The zero-order valence-electron chi connectivity index (χ0n) is 18.2. The highest BCUT2D eigenvalue weighted by molar-refractivity contribution is 8.23. The van der Waals surface area contributed by atoms with Crippen LogP contribution in [0.2, 0.25) is 0 Å². The van der Waals surface area contributed by atoms with E-state index in [1.807, 2.05) is 70.6 Å². The van der Waals surface area contributed by atoms with Crippen molar-refractivity contribution in [3.8, 4) is 0 Å². The fourth-order valence-corrected chi connectivity index (χ4v) is 10.8. The molecule has 13 heteroatoms. The molecule has 0 bridgehead atoms. The van der Waals surface area contributed by atoms with Crippen molar-refractivity contribution in [2.24, 2.45) is 0 Å². The summed E-state index contributed by atoms with van der Waals surface area (Å²) in [6, 6.07) is 0. The van der Waals surface area contributed by atoms with E-state index in [9.17, 15) is 4.79 Å². The molecule has 0 atom stereocenters. The summed E-state index contributed by atoms with van der Waals surface area (Å²) in [4.78, 5) is 22.1. The van der Waals surface area contributed by atoms with E-state index in [1.54, 1.807) is 23.5 Å². The first-order chi connectivity index (χ1) is 15.3. The first-order valence-electron chi connectivity index (χ1n) is 9.94. The molecule has 0 aromatic heterocycles. The van der Waals surface area contributed by atoms with Gasteiger partial charge in [-0.25, -0.2) is 9.78 Å². The van der Waals surface area contributed by atoms with E-state index in [2.05, 4.69) is 6.92 Å². The normalized spacial score (nSPS) is 11.3. The topological polar surface area (TPSA) is 55.8 Å². The van der Waals surface area contributed by atoms with Crippen LogP contribution in [0.4, 0.5) is 0 Å². The zero-order valence-corrected chi connectivity index (χ0v) is 25.5. The van der Waals surface area contributed by atoms with E-state index in [-0.39, 0.29) is 6.61 Å². The molecule has 0 aliphatic heterocycles. The molecule has 0 rings (SSSR count). The number of thioether (sulfide) groups is 9. The molecule has 0 aromatic rings.